The molecule has 0 radical (unpaired) electrons. The summed E-state index contributed by atoms with van der Waals surface area (Å²) in [6.45, 7) is 2.18. The highest BCUT2D eigenvalue weighted by atomic mass is 16.5. The Morgan fingerprint density at radius 2 is 2.10 bits per heavy atom. The van der Waals surface area contributed by atoms with Gasteiger partial charge in [-0.05, 0) is 14.1 Å². The van der Waals surface area contributed by atoms with E-state index in [1.807, 2.05) is 19.0 Å². The summed E-state index contributed by atoms with van der Waals surface area (Å²) >= 11 is 0. The normalized spacial score (nSPS) is 10.3. The van der Waals surface area contributed by atoms with Gasteiger partial charge in [0.05, 0.1) is 13.2 Å². The Balaban J connectivity index is 2.83. The second kappa shape index (κ2) is 6.71. The Bertz CT molecular complexity index is 83.7. The highest BCUT2D eigenvalue weighted by molar-refractivity contribution is 5.49. The van der Waals surface area contributed by atoms with Gasteiger partial charge >= 0.3 is 0 Å². The molecule has 3 heteroatoms. The lowest BCUT2D eigenvalue weighted by molar-refractivity contribution is -0.108. The average Bonchev–Trinajstić information content (AvgIpc) is 1.87. The molecular weight excluding hydrogens is 130 g/mol. The fraction of sp³-hybridized carbons (Fsp3) is 0.857. The third kappa shape index (κ3) is 7.59. The molecule has 0 aromatic carbocycles. The SMILES string of the molecule is CN(C)CCOCCC=O. The summed E-state index contributed by atoms with van der Waals surface area (Å²) in [5, 5.41) is 0. The molecule has 0 heterocycles. The van der Waals surface area contributed by atoms with Crippen LogP contribution in [0.15, 0.2) is 0 Å². The number of likely N-dealkylation sites (N-methyl/N-ethyl adjacent to an activating group) is 1. The summed E-state index contributed by atoms with van der Waals surface area (Å²) in [5.74, 6) is 0. The lowest BCUT2D eigenvalue weighted by Gasteiger charge is -2.08. The Morgan fingerprint density at radius 1 is 1.40 bits per heavy atom. The van der Waals surface area contributed by atoms with Crippen LogP contribution in [0, 0.1) is 0 Å². The molecular formula is C7H15NO2. The summed E-state index contributed by atoms with van der Waals surface area (Å²) < 4.78 is 5.11. The Labute approximate surface area is 62.0 Å². The van der Waals surface area contributed by atoms with Crippen molar-refractivity contribution in [1.82, 2.24) is 4.90 Å². The summed E-state index contributed by atoms with van der Waals surface area (Å²) in [6.07, 6.45) is 1.38. The van der Waals surface area contributed by atoms with Gasteiger partial charge in [-0.15, -0.1) is 0 Å². The Kier molecular flexibility index (Phi) is 6.43. The highest BCUT2D eigenvalue weighted by Crippen LogP contribution is 1.80. The molecule has 0 aromatic heterocycles. The first-order chi connectivity index (χ1) is 4.77. The van der Waals surface area contributed by atoms with Crippen LogP contribution in [-0.4, -0.2) is 45.0 Å². The highest BCUT2D eigenvalue weighted by Gasteiger charge is 1.89. The van der Waals surface area contributed by atoms with Gasteiger partial charge in [0.25, 0.3) is 0 Å². The van der Waals surface area contributed by atoms with Crippen LogP contribution in [0.4, 0.5) is 0 Å². The van der Waals surface area contributed by atoms with E-state index in [-0.39, 0.29) is 0 Å². The van der Waals surface area contributed by atoms with Crippen molar-refractivity contribution in [3.05, 3.63) is 0 Å². The zero-order valence-corrected chi connectivity index (χ0v) is 6.67. The van der Waals surface area contributed by atoms with Crippen LogP contribution in [0.5, 0.6) is 0 Å². The number of ether oxygens (including phenoxy) is 1. The number of hydrogen-bond donors (Lipinski definition) is 0. The van der Waals surface area contributed by atoms with Gasteiger partial charge in [-0.25, -0.2) is 0 Å². The molecule has 0 bridgehead atoms. The van der Waals surface area contributed by atoms with E-state index in [2.05, 4.69) is 0 Å². The van der Waals surface area contributed by atoms with E-state index in [1.54, 1.807) is 0 Å². The molecule has 0 saturated heterocycles. The zero-order valence-electron chi connectivity index (χ0n) is 6.67. The van der Waals surface area contributed by atoms with E-state index in [0.717, 1.165) is 12.8 Å². The van der Waals surface area contributed by atoms with Gasteiger partial charge in [-0.2, -0.15) is 0 Å². The van der Waals surface area contributed by atoms with Crippen LogP contribution in [0.1, 0.15) is 6.42 Å². The molecule has 0 aliphatic heterocycles. The van der Waals surface area contributed by atoms with Crippen molar-refractivity contribution in [2.75, 3.05) is 33.9 Å². The number of carbonyl (C=O) groups excluding carboxylic acids is 1. The molecule has 0 saturated carbocycles. The summed E-state index contributed by atoms with van der Waals surface area (Å²) in [7, 11) is 3.98. The fourth-order valence-corrected chi connectivity index (χ4v) is 0.481. The maximum atomic E-state index is 9.81. The van der Waals surface area contributed by atoms with Crippen LogP contribution >= 0.6 is 0 Å². The topological polar surface area (TPSA) is 29.5 Å². The quantitative estimate of drug-likeness (QED) is 0.393. The minimum atomic E-state index is 0.507. The molecule has 0 unspecified atom stereocenters. The van der Waals surface area contributed by atoms with E-state index in [0.29, 0.717) is 19.6 Å². The summed E-state index contributed by atoms with van der Waals surface area (Å²) in [6, 6.07) is 0. The Morgan fingerprint density at radius 3 is 2.60 bits per heavy atom. The molecule has 0 rings (SSSR count). The smallest absolute Gasteiger partial charge is 0.122 e. The van der Waals surface area contributed by atoms with Crippen molar-refractivity contribution >= 4 is 6.29 Å². The molecule has 0 spiro atoms. The van der Waals surface area contributed by atoms with Gasteiger partial charge < -0.3 is 14.4 Å². The Hall–Kier alpha value is -0.410. The van der Waals surface area contributed by atoms with Crippen LogP contribution < -0.4 is 0 Å². The number of hydrogen-bond acceptors (Lipinski definition) is 3. The minimum Gasteiger partial charge on any atom is -0.380 e. The van der Waals surface area contributed by atoms with E-state index in [4.69, 9.17) is 4.74 Å². The monoisotopic (exact) mass is 145 g/mol. The standard InChI is InChI=1S/C7H15NO2/c1-8(2)4-7-10-6-3-5-9/h5H,3-4,6-7H2,1-2H3. The van der Waals surface area contributed by atoms with Crippen LogP contribution in [0.3, 0.4) is 0 Å². The van der Waals surface area contributed by atoms with Crippen molar-refractivity contribution in [2.24, 2.45) is 0 Å². The third-order valence-corrected chi connectivity index (χ3v) is 1.06. The first kappa shape index (κ1) is 9.59. The predicted octanol–water partition coefficient (Wildman–Crippen LogP) is 0.154. The summed E-state index contributed by atoms with van der Waals surface area (Å²) in [4.78, 5) is 11.9. The lowest BCUT2D eigenvalue weighted by atomic mass is 10.5. The molecule has 60 valence electrons. The molecule has 3 nitrogen and oxygen atoms in total. The van der Waals surface area contributed by atoms with Gasteiger partial charge in [0.2, 0.25) is 0 Å². The first-order valence-electron chi connectivity index (χ1n) is 3.43. The maximum Gasteiger partial charge on any atom is 0.122 e. The van der Waals surface area contributed by atoms with E-state index < -0.39 is 0 Å². The van der Waals surface area contributed by atoms with Crippen molar-refractivity contribution in [1.29, 1.82) is 0 Å². The maximum absolute atomic E-state index is 9.81. The summed E-state index contributed by atoms with van der Waals surface area (Å²) in [5.41, 5.74) is 0. The van der Waals surface area contributed by atoms with E-state index in [1.165, 1.54) is 0 Å². The lowest BCUT2D eigenvalue weighted by Crippen LogP contribution is -2.18. The van der Waals surface area contributed by atoms with Gasteiger partial charge in [0.1, 0.15) is 6.29 Å². The largest absolute Gasteiger partial charge is 0.380 e. The van der Waals surface area contributed by atoms with Gasteiger partial charge in [0.15, 0.2) is 0 Å². The third-order valence-electron chi connectivity index (χ3n) is 1.06. The van der Waals surface area contributed by atoms with Crippen molar-refractivity contribution < 1.29 is 9.53 Å². The molecule has 0 aromatic rings. The number of aldehydes is 1. The average molecular weight is 145 g/mol. The van der Waals surface area contributed by atoms with Gasteiger partial charge in [-0.1, -0.05) is 0 Å². The molecule has 0 aliphatic rings. The van der Waals surface area contributed by atoms with E-state index in [9.17, 15) is 4.79 Å². The molecule has 0 N–H and O–H groups in total. The minimum absolute atomic E-state index is 0.507. The number of rotatable bonds is 6. The van der Waals surface area contributed by atoms with Gasteiger partial charge in [-0.3, -0.25) is 0 Å². The van der Waals surface area contributed by atoms with Crippen LogP contribution in [0.25, 0.3) is 0 Å². The molecule has 0 amide bonds. The van der Waals surface area contributed by atoms with Crippen molar-refractivity contribution in [2.45, 2.75) is 6.42 Å². The second-order valence-corrected chi connectivity index (χ2v) is 2.37. The van der Waals surface area contributed by atoms with Crippen LogP contribution in [-0.2, 0) is 9.53 Å². The number of carbonyl (C=O) groups is 1. The van der Waals surface area contributed by atoms with Crippen LogP contribution in [0.2, 0.25) is 0 Å². The van der Waals surface area contributed by atoms with Gasteiger partial charge in [0, 0.05) is 13.0 Å². The van der Waals surface area contributed by atoms with E-state index >= 15 is 0 Å². The predicted molar refractivity (Wildman–Crippen MR) is 40.1 cm³/mol. The molecule has 10 heavy (non-hydrogen) atoms. The molecule has 0 aliphatic carbocycles. The number of nitrogens with zero attached hydrogens (tertiary/aromatic N) is 1. The fourth-order valence-electron chi connectivity index (χ4n) is 0.481. The van der Waals surface area contributed by atoms with Crippen molar-refractivity contribution in [3.8, 4) is 0 Å². The second-order valence-electron chi connectivity index (χ2n) is 2.37. The molecule has 0 atom stereocenters. The molecule has 0 fully saturated rings. The zero-order chi connectivity index (χ0) is 7.82. The van der Waals surface area contributed by atoms with Crippen molar-refractivity contribution in [3.63, 3.8) is 0 Å². The first-order valence-corrected chi connectivity index (χ1v) is 3.43.